The fourth-order valence-electron chi connectivity index (χ4n) is 1.51. The zero-order valence-electron chi connectivity index (χ0n) is 8.03. The number of hydrogen-bond acceptors (Lipinski definition) is 3. The lowest BCUT2D eigenvalue weighted by molar-refractivity contribution is -0.149. The van der Waals surface area contributed by atoms with E-state index in [0.717, 1.165) is 5.56 Å². The molecule has 0 radical (unpaired) electrons. The van der Waals surface area contributed by atoms with Gasteiger partial charge in [-0.3, -0.25) is 4.79 Å². The van der Waals surface area contributed by atoms with E-state index in [-0.39, 0.29) is 5.43 Å². The predicted octanol–water partition coefficient (Wildman–Crippen LogP) is 1.27. The molecule has 1 aromatic carbocycles. The van der Waals surface area contributed by atoms with Crippen LogP contribution in [0.5, 0.6) is 0 Å². The highest BCUT2D eigenvalue weighted by atomic mass is 16.7. The molecule has 0 bridgehead atoms. The van der Waals surface area contributed by atoms with E-state index in [1.807, 2.05) is 13.0 Å². The molecule has 3 heteroatoms. The van der Waals surface area contributed by atoms with Crippen molar-refractivity contribution < 1.29 is 9.47 Å². The number of hydrogen-bond donors (Lipinski definition) is 0. The van der Waals surface area contributed by atoms with Crippen molar-refractivity contribution in [2.45, 2.75) is 12.7 Å². The highest BCUT2D eigenvalue weighted by molar-refractivity contribution is 5.19. The van der Waals surface area contributed by atoms with Crippen molar-refractivity contribution in [3.63, 3.8) is 0 Å². The molecule has 0 atom stereocenters. The van der Waals surface area contributed by atoms with E-state index in [4.69, 9.17) is 9.47 Å². The Morgan fingerprint density at radius 2 is 1.86 bits per heavy atom. The molecule has 0 aliphatic carbocycles. The van der Waals surface area contributed by atoms with Gasteiger partial charge in [-0.1, -0.05) is 12.1 Å². The third-order valence-electron chi connectivity index (χ3n) is 2.33. The van der Waals surface area contributed by atoms with Gasteiger partial charge < -0.3 is 9.47 Å². The molecular weight excluding hydrogens is 180 g/mol. The van der Waals surface area contributed by atoms with Crippen LogP contribution in [0, 0.1) is 0 Å². The standard InChI is InChI=1S/C11H12O3/c1-11(13-7-8-14-11)9-3-2-4-10(12)6-5-9/h2-6H,7-8H2,1H3. The monoisotopic (exact) mass is 192 g/mol. The summed E-state index contributed by atoms with van der Waals surface area (Å²) in [6.07, 6.45) is 0. The Labute approximate surface area is 82.3 Å². The first-order chi connectivity index (χ1) is 6.71. The topological polar surface area (TPSA) is 35.5 Å². The van der Waals surface area contributed by atoms with Gasteiger partial charge in [-0.2, -0.15) is 0 Å². The summed E-state index contributed by atoms with van der Waals surface area (Å²) < 4.78 is 11.0. The molecular formula is C11H12O3. The molecule has 1 aliphatic rings. The lowest BCUT2D eigenvalue weighted by Gasteiger charge is -2.21. The van der Waals surface area contributed by atoms with E-state index >= 15 is 0 Å². The molecule has 0 aromatic heterocycles. The summed E-state index contributed by atoms with van der Waals surface area (Å²) in [6.45, 7) is 3.05. The van der Waals surface area contributed by atoms with E-state index in [9.17, 15) is 4.79 Å². The van der Waals surface area contributed by atoms with Crippen molar-refractivity contribution in [3.8, 4) is 0 Å². The summed E-state index contributed by atoms with van der Waals surface area (Å²) in [5.74, 6) is -0.689. The summed E-state index contributed by atoms with van der Waals surface area (Å²) in [5.41, 5.74) is 0.856. The molecule has 1 heterocycles. The fraction of sp³-hybridized carbons (Fsp3) is 0.364. The summed E-state index contributed by atoms with van der Waals surface area (Å²) in [6, 6.07) is 8.34. The molecule has 0 amide bonds. The fourth-order valence-corrected chi connectivity index (χ4v) is 1.51. The molecule has 1 saturated heterocycles. The zero-order valence-corrected chi connectivity index (χ0v) is 8.03. The van der Waals surface area contributed by atoms with E-state index in [2.05, 4.69) is 0 Å². The Bertz CT molecular complexity index is 380. The zero-order chi connectivity index (χ0) is 10.0. The van der Waals surface area contributed by atoms with E-state index < -0.39 is 5.79 Å². The van der Waals surface area contributed by atoms with Crippen LogP contribution in [0.25, 0.3) is 0 Å². The van der Waals surface area contributed by atoms with Crippen LogP contribution in [-0.2, 0) is 15.3 Å². The van der Waals surface area contributed by atoms with Crippen LogP contribution in [0.15, 0.2) is 35.1 Å². The SMILES string of the molecule is CC1(c2cccc(=O)cc2)OCCO1. The molecule has 0 spiro atoms. The van der Waals surface area contributed by atoms with Crippen LogP contribution in [0.4, 0.5) is 0 Å². The van der Waals surface area contributed by atoms with E-state index in [1.54, 1.807) is 12.1 Å². The van der Waals surface area contributed by atoms with Gasteiger partial charge in [0, 0.05) is 5.56 Å². The van der Waals surface area contributed by atoms with Crippen LogP contribution in [0.3, 0.4) is 0 Å². The molecule has 2 rings (SSSR count). The van der Waals surface area contributed by atoms with Gasteiger partial charge >= 0.3 is 0 Å². The number of rotatable bonds is 1. The van der Waals surface area contributed by atoms with Gasteiger partial charge in [-0.15, -0.1) is 0 Å². The third-order valence-corrected chi connectivity index (χ3v) is 2.33. The Kier molecular flexibility index (Phi) is 2.35. The maximum atomic E-state index is 11.1. The first kappa shape index (κ1) is 9.37. The average molecular weight is 192 g/mol. The number of ether oxygens (including phenoxy) is 2. The van der Waals surface area contributed by atoms with E-state index in [0.29, 0.717) is 13.2 Å². The molecule has 3 nitrogen and oxygen atoms in total. The average Bonchev–Trinajstić information content (AvgIpc) is 2.47. The van der Waals surface area contributed by atoms with Crippen LogP contribution < -0.4 is 5.43 Å². The van der Waals surface area contributed by atoms with Crippen LogP contribution in [0.1, 0.15) is 12.5 Å². The maximum absolute atomic E-state index is 11.1. The first-order valence-corrected chi connectivity index (χ1v) is 4.59. The Balaban J connectivity index is 2.42. The van der Waals surface area contributed by atoms with Crippen molar-refractivity contribution in [1.29, 1.82) is 0 Å². The molecule has 0 N–H and O–H groups in total. The normalized spacial score (nSPS) is 19.5. The van der Waals surface area contributed by atoms with Gasteiger partial charge in [-0.05, 0) is 25.1 Å². The van der Waals surface area contributed by atoms with Gasteiger partial charge in [0.2, 0.25) is 0 Å². The van der Waals surface area contributed by atoms with Crippen LogP contribution in [-0.4, -0.2) is 13.2 Å². The summed E-state index contributed by atoms with van der Waals surface area (Å²) in [7, 11) is 0. The second kappa shape index (κ2) is 3.52. The second-order valence-electron chi connectivity index (χ2n) is 3.36. The van der Waals surface area contributed by atoms with Crippen molar-refractivity contribution in [2.24, 2.45) is 0 Å². The van der Waals surface area contributed by atoms with Gasteiger partial charge in [0.25, 0.3) is 0 Å². The Morgan fingerprint density at radius 3 is 2.57 bits per heavy atom. The molecule has 74 valence electrons. The maximum Gasteiger partial charge on any atom is 0.192 e. The largest absolute Gasteiger partial charge is 0.344 e. The Morgan fingerprint density at radius 1 is 1.14 bits per heavy atom. The molecule has 1 aromatic rings. The molecule has 1 fully saturated rings. The second-order valence-corrected chi connectivity index (χ2v) is 3.36. The smallest absolute Gasteiger partial charge is 0.192 e. The summed E-state index contributed by atoms with van der Waals surface area (Å²) in [5, 5.41) is 0. The van der Waals surface area contributed by atoms with Crippen molar-refractivity contribution in [1.82, 2.24) is 0 Å². The van der Waals surface area contributed by atoms with Crippen LogP contribution in [0.2, 0.25) is 0 Å². The highest BCUT2D eigenvalue weighted by Crippen LogP contribution is 2.29. The van der Waals surface area contributed by atoms with Gasteiger partial charge in [-0.25, -0.2) is 0 Å². The summed E-state index contributed by atoms with van der Waals surface area (Å²) >= 11 is 0. The molecule has 1 aliphatic heterocycles. The lowest BCUT2D eigenvalue weighted by Crippen LogP contribution is -2.21. The third kappa shape index (κ3) is 1.69. The lowest BCUT2D eigenvalue weighted by atomic mass is 10.1. The van der Waals surface area contributed by atoms with E-state index in [1.165, 1.54) is 12.1 Å². The van der Waals surface area contributed by atoms with Crippen molar-refractivity contribution in [2.75, 3.05) is 13.2 Å². The van der Waals surface area contributed by atoms with Crippen molar-refractivity contribution in [3.05, 3.63) is 46.1 Å². The minimum atomic E-state index is -0.689. The highest BCUT2D eigenvalue weighted by Gasteiger charge is 2.32. The van der Waals surface area contributed by atoms with Gasteiger partial charge in [0.15, 0.2) is 11.2 Å². The molecule has 14 heavy (non-hydrogen) atoms. The quantitative estimate of drug-likeness (QED) is 0.672. The van der Waals surface area contributed by atoms with Gasteiger partial charge in [0.05, 0.1) is 13.2 Å². The predicted molar refractivity (Wildman–Crippen MR) is 52.0 cm³/mol. The minimum Gasteiger partial charge on any atom is -0.344 e. The first-order valence-electron chi connectivity index (χ1n) is 4.59. The Hall–Kier alpha value is -1.19. The minimum absolute atomic E-state index is 0.0159. The molecule has 0 unspecified atom stereocenters. The van der Waals surface area contributed by atoms with Crippen molar-refractivity contribution >= 4 is 0 Å². The molecule has 0 saturated carbocycles. The van der Waals surface area contributed by atoms with Gasteiger partial charge in [0.1, 0.15) is 0 Å². The summed E-state index contributed by atoms with van der Waals surface area (Å²) in [4.78, 5) is 11.1. The van der Waals surface area contributed by atoms with Crippen LogP contribution >= 0.6 is 0 Å².